The standard InChI is InChI=1S/C17H14F4N2O3/c1-9(26-16(25)13-7-4-11(18)8-14(13)22)15(24)23-12-5-2-10(3-6-12)17(19,20)21/h2-9H,22H2,1H3,(H,23,24)/t9-/m0/s1. The lowest BCUT2D eigenvalue weighted by Gasteiger charge is -2.15. The molecule has 0 radical (unpaired) electrons. The lowest BCUT2D eigenvalue weighted by atomic mass is 10.2. The van der Waals surface area contributed by atoms with Crippen molar-refractivity contribution in [2.75, 3.05) is 11.1 Å². The van der Waals surface area contributed by atoms with Gasteiger partial charge in [0.2, 0.25) is 0 Å². The van der Waals surface area contributed by atoms with Crippen molar-refractivity contribution >= 4 is 23.3 Å². The number of hydrogen-bond acceptors (Lipinski definition) is 4. The topological polar surface area (TPSA) is 81.4 Å². The predicted octanol–water partition coefficient (Wildman–Crippen LogP) is 3.61. The fourth-order valence-electron chi connectivity index (χ4n) is 1.98. The molecule has 0 spiro atoms. The van der Waals surface area contributed by atoms with E-state index in [0.29, 0.717) is 0 Å². The molecule has 0 saturated heterocycles. The predicted molar refractivity (Wildman–Crippen MR) is 85.8 cm³/mol. The molecule has 0 bridgehead atoms. The van der Waals surface area contributed by atoms with E-state index >= 15 is 0 Å². The molecule has 5 nitrogen and oxygen atoms in total. The Labute approximate surface area is 145 Å². The van der Waals surface area contributed by atoms with Crippen molar-refractivity contribution in [3.8, 4) is 0 Å². The largest absolute Gasteiger partial charge is 0.449 e. The van der Waals surface area contributed by atoms with Crippen molar-refractivity contribution in [2.24, 2.45) is 0 Å². The number of carbonyl (C=O) groups excluding carboxylic acids is 2. The number of carbonyl (C=O) groups is 2. The smallest absolute Gasteiger partial charge is 0.416 e. The van der Waals surface area contributed by atoms with Crippen LogP contribution in [-0.4, -0.2) is 18.0 Å². The maximum Gasteiger partial charge on any atom is 0.416 e. The minimum atomic E-state index is -4.49. The molecular formula is C17H14F4N2O3. The lowest BCUT2D eigenvalue weighted by molar-refractivity contribution is -0.137. The molecule has 0 aliphatic heterocycles. The summed E-state index contributed by atoms with van der Waals surface area (Å²) >= 11 is 0. The SMILES string of the molecule is C[C@H](OC(=O)c1ccc(F)cc1N)C(=O)Nc1ccc(C(F)(F)F)cc1. The highest BCUT2D eigenvalue weighted by Gasteiger charge is 2.30. The van der Waals surface area contributed by atoms with Crippen molar-refractivity contribution in [1.29, 1.82) is 0 Å². The molecule has 0 saturated carbocycles. The zero-order valence-corrected chi connectivity index (χ0v) is 13.4. The third-order valence-electron chi connectivity index (χ3n) is 3.37. The minimum Gasteiger partial charge on any atom is -0.449 e. The molecule has 1 amide bonds. The summed E-state index contributed by atoms with van der Waals surface area (Å²) in [6, 6.07) is 6.84. The highest BCUT2D eigenvalue weighted by Crippen LogP contribution is 2.29. The minimum absolute atomic E-state index is 0.104. The van der Waals surface area contributed by atoms with Gasteiger partial charge in [0.15, 0.2) is 6.10 Å². The Hall–Kier alpha value is -3.10. The molecule has 0 aromatic heterocycles. The average Bonchev–Trinajstić information content (AvgIpc) is 2.54. The molecule has 9 heteroatoms. The summed E-state index contributed by atoms with van der Waals surface area (Å²) in [6.07, 6.45) is -5.74. The number of halogens is 4. The fourth-order valence-corrected chi connectivity index (χ4v) is 1.98. The molecule has 0 unspecified atom stereocenters. The number of nitrogen functional groups attached to an aromatic ring is 1. The van der Waals surface area contributed by atoms with Crippen LogP contribution in [0.4, 0.5) is 28.9 Å². The normalized spacial score (nSPS) is 12.3. The second kappa shape index (κ2) is 7.42. The first kappa shape index (κ1) is 19.2. The van der Waals surface area contributed by atoms with Crippen molar-refractivity contribution in [1.82, 2.24) is 0 Å². The van der Waals surface area contributed by atoms with Gasteiger partial charge in [0.1, 0.15) is 5.82 Å². The van der Waals surface area contributed by atoms with Crippen LogP contribution in [0, 0.1) is 5.82 Å². The number of ether oxygens (including phenoxy) is 1. The van der Waals surface area contributed by atoms with Crippen LogP contribution in [0.25, 0.3) is 0 Å². The molecule has 2 aromatic rings. The molecule has 26 heavy (non-hydrogen) atoms. The van der Waals surface area contributed by atoms with Gasteiger partial charge >= 0.3 is 12.1 Å². The van der Waals surface area contributed by atoms with Crippen molar-refractivity contribution in [3.63, 3.8) is 0 Å². The summed E-state index contributed by atoms with van der Waals surface area (Å²) in [5.41, 5.74) is 4.50. The summed E-state index contributed by atoms with van der Waals surface area (Å²) in [6.45, 7) is 1.27. The highest BCUT2D eigenvalue weighted by molar-refractivity contribution is 5.99. The molecule has 2 aromatic carbocycles. The molecule has 0 fully saturated rings. The highest BCUT2D eigenvalue weighted by atomic mass is 19.4. The first-order chi connectivity index (χ1) is 12.1. The Balaban J connectivity index is 2.00. The van der Waals surface area contributed by atoms with Crippen LogP contribution in [0.5, 0.6) is 0 Å². The maximum atomic E-state index is 13.0. The monoisotopic (exact) mass is 370 g/mol. The molecule has 3 N–H and O–H groups in total. The molecule has 0 aliphatic rings. The van der Waals surface area contributed by atoms with E-state index < -0.39 is 35.5 Å². The van der Waals surface area contributed by atoms with Crippen LogP contribution in [-0.2, 0) is 15.7 Å². The van der Waals surface area contributed by atoms with Crippen LogP contribution >= 0.6 is 0 Å². The Morgan fingerprint density at radius 1 is 1.12 bits per heavy atom. The first-order valence-corrected chi connectivity index (χ1v) is 7.32. The number of anilines is 2. The summed E-state index contributed by atoms with van der Waals surface area (Å²) in [5.74, 6) is -2.32. The molecule has 2 rings (SSSR count). The van der Waals surface area contributed by atoms with Crippen molar-refractivity contribution < 1.29 is 31.9 Å². The Morgan fingerprint density at radius 3 is 2.27 bits per heavy atom. The van der Waals surface area contributed by atoms with Gasteiger partial charge in [-0.15, -0.1) is 0 Å². The van der Waals surface area contributed by atoms with E-state index in [4.69, 9.17) is 10.5 Å². The number of hydrogen-bond donors (Lipinski definition) is 2. The first-order valence-electron chi connectivity index (χ1n) is 7.32. The molecule has 0 aliphatic carbocycles. The van der Waals surface area contributed by atoms with Gasteiger partial charge in [-0.05, 0) is 49.4 Å². The Morgan fingerprint density at radius 2 is 1.73 bits per heavy atom. The van der Waals surface area contributed by atoms with Gasteiger partial charge in [0.25, 0.3) is 5.91 Å². The molecule has 138 valence electrons. The van der Waals surface area contributed by atoms with Gasteiger partial charge < -0.3 is 15.8 Å². The van der Waals surface area contributed by atoms with E-state index in [2.05, 4.69) is 5.32 Å². The molecule has 0 heterocycles. The number of esters is 1. The van der Waals surface area contributed by atoms with E-state index in [0.717, 1.165) is 42.5 Å². The van der Waals surface area contributed by atoms with Gasteiger partial charge in [-0.1, -0.05) is 0 Å². The van der Waals surface area contributed by atoms with Gasteiger partial charge in [-0.25, -0.2) is 9.18 Å². The third kappa shape index (κ3) is 4.71. The van der Waals surface area contributed by atoms with Crippen LogP contribution in [0.15, 0.2) is 42.5 Å². The maximum absolute atomic E-state index is 13.0. The Bertz CT molecular complexity index is 820. The van der Waals surface area contributed by atoms with E-state index in [1.807, 2.05) is 0 Å². The van der Waals surface area contributed by atoms with Gasteiger partial charge in [0.05, 0.1) is 11.1 Å². The van der Waals surface area contributed by atoms with Crippen LogP contribution < -0.4 is 11.1 Å². The van der Waals surface area contributed by atoms with Gasteiger partial charge in [-0.2, -0.15) is 13.2 Å². The number of nitrogens with two attached hydrogens (primary N) is 1. The zero-order valence-electron chi connectivity index (χ0n) is 13.4. The number of alkyl halides is 3. The number of amides is 1. The van der Waals surface area contributed by atoms with Gasteiger partial charge in [0, 0.05) is 11.4 Å². The van der Waals surface area contributed by atoms with Crippen LogP contribution in [0.2, 0.25) is 0 Å². The molecule has 1 atom stereocenters. The van der Waals surface area contributed by atoms with Crippen LogP contribution in [0.1, 0.15) is 22.8 Å². The van der Waals surface area contributed by atoms with E-state index in [1.54, 1.807) is 0 Å². The van der Waals surface area contributed by atoms with E-state index in [-0.39, 0.29) is 16.9 Å². The summed E-state index contributed by atoms with van der Waals surface area (Å²) in [5, 5.41) is 2.33. The number of rotatable bonds is 4. The Kier molecular flexibility index (Phi) is 5.49. The second-order valence-corrected chi connectivity index (χ2v) is 5.34. The summed E-state index contributed by atoms with van der Waals surface area (Å²) in [4.78, 5) is 24.0. The third-order valence-corrected chi connectivity index (χ3v) is 3.37. The van der Waals surface area contributed by atoms with Crippen LogP contribution in [0.3, 0.4) is 0 Å². The summed E-state index contributed by atoms with van der Waals surface area (Å²) in [7, 11) is 0. The van der Waals surface area contributed by atoms with Crippen molar-refractivity contribution in [2.45, 2.75) is 19.2 Å². The number of benzene rings is 2. The van der Waals surface area contributed by atoms with Crippen molar-refractivity contribution in [3.05, 3.63) is 59.4 Å². The fraction of sp³-hybridized carbons (Fsp3) is 0.176. The quantitative estimate of drug-likeness (QED) is 0.489. The average molecular weight is 370 g/mol. The van der Waals surface area contributed by atoms with E-state index in [9.17, 15) is 27.2 Å². The molecular weight excluding hydrogens is 356 g/mol. The lowest BCUT2D eigenvalue weighted by Crippen LogP contribution is -2.30. The summed E-state index contributed by atoms with van der Waals surface area (Å²) < 4.78 is 55.4. The van der Waals surface area contributed by atoms with E-state index in [1.165, 1.54) is 6.92 Å². The number of nitrogens with one attached hydrogen (secondary N) is 1. The second-order valence-electron chi connectivity index (χ2n) is 5.34. The van der Waals surface area contributed by atoms with Gasteiger partial charge in [-0.3, -0.25) is 4.79 Å². The zero-order chi connectivity index (χ0) is 19.5.